The highest BCUT2D eigenvalue weighted by molar-refractivity contribution is 7.99. The van der Waals surface area contributed by atoms with Gasteiger partial charge in [-0.25, -0.2) is 9.97 Å². The van der Waals surface area contributed by atoms with Crippen LogP contribution in [0.3, 0.4) is 0 Å². The van der Waals surface area contributed by atoms with Gasteiger partial charge in [0.05, 0.1) is 10.4 Å². The molecule has 0 unspecified atom stereocenters. The van der Waals surface area contributed by atoms with Gasteiger partial charge in [-0.05, 0) is 12.5 Å². The number of nitro groups is 1. The van der Waals surface area contributed by atoms with Crippen molar-refractivity contribution < 1.29 is 10.0 Å². The molecule has 18 heavy (non-hydrogen) atoms. The summed E-state index contributed by atoms with van der Waals surface area (Å²) in [6, 6.07) is 4.53. The Labute approximate surface area is 107 Å². The largest absolute Gasteiger partial charge is 0.396 e. The maximum Gasteiger partial charge on any atom is 0.270 e. The third kappa shape index (κ3) is 2.74. The molecule has 1 heterocycles. The van der Waals surface area contributed by atoms with Gasteiger partial charge in [0.25, 0.3) is 5.69 Å². The molecule has 6 nitrogen and oxygen atoms in total. The van der Waals surface area contributed by atoms with E-state index < -0.39 is 4.92 Å². The number of rotatable bonds is 5. The SMILES string of the molecule is O=[N+]([O-])c1ccc2ncnc(SCCCO)c2c1. The predicted octanol–water partition coefficient (Wildman–Crippen LogP) is 2.01. The van der Waals surface area contributed by atoms with Crippen molar-refractivity contribution in [3.63, 3.8) is 0 Å². The van der Waals surface area contributed by atoms with Crippen molar-refractivity contribution in [1.82, 2.24) is 9.97 Å². The number of fused-ring (bicyclic) bond motifs is 1. The summed E-state index contributed by atoms with van der Waals surface area (Å²) in [7, 11) is 0. The zero-order chi connectivity index (χ0) is 13.0. The summed E-state index contributed by atoms with van der Waals surface area (Å²) in [5.41, 5.74) is 0.711. The van der Waals surface area contributed by atoms with Gasteiger partial charge in [-0.15, -0.1) is 11.8 Å². The molecule has 94 valence electrons. The molecule has 1 aromatic heterocycles. The van der Waals surface area contributed by atoms with Gasteiger partial charge in [0.2, 0.25) is 0 Å². The van der Waals surface area contributed by atoms with Crippen LogP contribution >= 0.6 is 11.8 Å². The van der Waals surface area contributed by atoms with Gasteiger partial charge in [-0.1, -0.05) is 0 Å². The highest BCUT2D eigenvalue weighted by Crippen LogP contribution is 2.27. The Morgan fingerprint density at radius 3 is 2.94 bits per heavy atom. The van der Waals surface area contributed by atoms with Crippen molar-refractivity contribution >= 4 is 28.4 Å². The Morgan fingerprint density at radius 2 is 2.22 bits per heavy atom. The van der Waals surface area contributed by atoms with Crippen molar-refractivity contribution in [2.45, 2.75) is 11.4 Å². The normalized spacial score (nSPS) is 10.7. The Morgan fingerprint density at radius 1 is 1.39 bits per heavy atom. The minimum Gasteiger partial charge on any atom is -0.396 e. The average Bonchev–Trinajstić information content (AvgIpc) is 2.38. The number of hydrogen-bond donors (Lipinski definition) is 1. The molecule has 0 saturated carbocycles. The summed E-state index contributed by atoms with van der Waals surface area (Å²) in [6.45, 7) is 0.121. The van der Waals surface area contributed by atoms with Crippen LogP contribution in [-0.2, 0) is 0 Å². The minimum absolute atomic E-state index is 0.0290. The molecule has 0 aliphatic heterocycles. The van der Waals surface area contributed by atoms with Crippen molar-refractivity contribution in [3.8, 4) is 0 Å². The average molecular weight is 265 g/mol. The van der Waals surface area contributed by atoms with Gasteiger partial charge in [0, 0.05) is 29.9 Å². The van der Waals surface area contributed by atoms with E-state index in [1.165, 1.54) is 30.2 Å². The van der Waals surface area contributed by atoms with Crippen LogP contribution in [0.2, 0.25) is 0 Å². The molecule has 0 spiro atoms. The zero-order valence-corrected chi connectivity index (χ0v) is 10.3. The highest BCUT2D eigenvalue weighted by atomic mass is 32.2. The van der Waals surface area contributed by atoms with Crippen molar-refractivity contribution in [2.24, 2.45) is 0 Å². The third-order valence-corrected chi connectivity index (χ3v) is 3.43. The summed E-state index contributed by atoms with van der Waals surface area (Å²) < 4.78 is 0. The van der Waals surface area contributed by atoms with E-state index in [4.69, 9.17) is 5.11 Å². The molecular formula is C11H11N3O3S. The fourth-order valence-electron chi connectivity index (χ4n) is 1.48. The first kappa shape index (κ1) is 12.7. The molecule has 0 radical (unpaired) electrons. The Hall–Kier alpha value is -1.73. The standard InChI is InChI=1S/C11H11N3O3S/c15-4-1-5-18-11-9-6-8(14(16)17)2-3-10(9)12-7-13-11/h2-3,6-7,15H,1,4-5H2. The molecule has 1 aromatic carbocycles. The van der Waals surface area contributed by atoms with E-state index in [0.29, 0.717) is 28.1 Å². The quantitative estimate of drug-likeness (QED) is 0.292. The Kier molecular flexibility index (Phi) is 4.06. The molecule has 2 aromatic rings. The summed E-state index contributed by atoms with van der Waals surface area (Å²) >= 11 is 1.46. The molecule has 0 saturated heterocycles. The van der Waals surface area contributed by atoms with E-state index in [0.717, 1.165) is 0 Å². The molecule has 2 rings (SSSR count). The molecule has 0 bridgehead atoms. The van der Waals surface area contributed by atoms with E-state index in [2.05, 4.69) is 9.97 Å². The van der Waals surface area contributed by atoms with Crippen molar-refractivity contribution in [1.29, 1.82) is 0 Å². The van der Waals surface area contributed by atoms with Crippen LogP contribution in [0.1, 0.15) is 6.42 Å². The van der Waals surface area contributed by atoms with Crippen molar-refractivity contribution in [3.05, 3.63) is 34.6 Å². The van der Waals surface area contributed by atoms with Gasteiger partial charge in [0.15, 0.2) is 0 Å². The number of hydrogen-bond acceptors (Lipinski definition) is 6. The molecule has 1 N–H and O–H groups in total. The number of non-ortho nitro benzene ring substituents is 1. The second-order valence-corrected chi connectivity index (χ2v) is 4.65. The van der Waals surface area contributed by atoms with E-state index in [-0.39, 0.29) is 12.3 Å². The Bertz CT molecular complexity index is 576. The first-order valence-corrected chi connectivity index (χ1v) is 6.34. The number of nitrogens with zero attached hydrogens (tertiary/aromatic N) is 3. The topological polar surface area (TPSA) is 89.2 Å². The van der Waals surface area contributed by atoms with E-state index in [9.17, 15) is 10.1 Å². The molecule has 7 heteroatoms. The fourth-order valence-corrected chi connectivity index (χ4v) is 2.39. The summed E-state index contributed by atoms with van der Waals surface area (Å²) in [6.07, 6.45) is 2.10. The van der Waals surface area contributed by atoms with Gasteiger partial charge in [-0.2, -0.15) is 0 Å². The van der Waals surface area contributed by atoms with Crippen LogP contribution in [0, 0.1) is 10.1 Å². The van der Waals surface area contributed by atoms with E-state index in [1.807, 2.05) is 0 Å². The lowest BCUT2D eigenvalue weighted by molar-refractivity contribution is -0.384. The van der Waals surface area contributed by atoms with Crippen LogP contribution in [0.25, 0.3) is 10.9 Å². The highest BCUT2D eigenvalue weighted by Gasteiger charge is 2.10. The summed E-state index contributed by atoms with van der Waals surface area (Å²) in [4.78, 5) is 18.5. The van der Waals surface area contributed by atoms with Gasteiger partial charge in [0.1, 0.15) is 11.4 Å². The van der Waals surface area contributed by atoms with Crippen LogP contribution in [0.4, 0.5) is 5.69 Å². The second kappa shape index (κ2) is 5.74. The van der Waals surface area contributed by atoms with Crippen LogP contribution in [0.5, 0.6) is 0 Å². The fraction of sp³-hybridized carbons (Fsp3) is 0.273. The predicted molar refractivity (Wildman–Crippen MR) is 68.6 cm³/mol. The number of benzene rings is 1. The van der Waals surface area contributed by atoms with Crippen LogP contribution in [-0.4, -0.2) is 32.4 Å². The molecule has 0 fully saturated rings. The van der Waals surface area contributed by atoms with Crippen molar-refractivity contribution in [2.75, 3.05) is 12.4 Å². The third-order valence-electron chi connectivity index (χ3n) is 2.33. The summed E-state index contributed by atoms with van der Waals surface area (Å²) in [5.74, 6) is 0.714. The maximum atomic E-state index is 10.7. The zero-order valence-electron chi connectivity index (χ0n) is 9.44. The number of aliphatic hydroxyl groups excluding tert-OH is 1. The number of thioether (sulfide) groups is 1. The molecule has 0 amide bonds. The number of aromatic nitrogens is 2. The van der Waals surface area contributed by atoms with Gasteiger partial charge < -0.3 is 5.11 Å². The first-order chi connectivity index (χ1) is 8.72. The maximum absolute atomic E-state index is 10.7. The minimum atomic E-state index is -0.436. The second-order valence-electron chi connectivity index (χ2n) is 3.56. The summed E-state index contributed by atoms with van der Waals surface area (Å²) in [5, 5.41) is 20.9. The number of aliphatic hydroxyl groups is 1. The Balaban J connectivity index is 2.39. The lowest BCUT2D eigenvalue weighted by Gasteiger charge is -2.03. The molecule has 0 aliphatic carbocycles. The van der Waals surface area contributed by atoms with Gasteiger partial charge in [-0.3, -0.25) is 10.1 Å². The first-order valence-electron chi connectivity index (χ1n) is 5.35. The monoisotopic (exact) mass is 265 g/mol. The number of nitro benzene ring substituents is 1. The van der Waals surface area contributed by atoms with Crippen LogP contribution in [0.15, 0.2) is 29.6 Å². The van der Waals surface area contributed by atoms with E-state index >= 15 is 0 Å². The van der Waals surface area contributed by atoms with Crippen LogP contribution < -0.4 is 0 Å². The molecule has 0 atom stereocenters. The molecular weight excluding hydrogens is 254 g/mol. The van der Waals surface area contributed by atoms with E-state index in [1.54, 1.807) is 6.07 Å². The lowest BCUT2D eigenvalue weighted by atomic mass is 10.2. The lowest BCUT2D eigenvalue weighted by Crippen LogP contribution is -1.92. The molecule has 0 aliphatic rings. The smallest absolute Gasteiger partial charge is 0.270 e. The van der Waals surface area contributed by atoms with Gasteiger partial charge >= 0.3 is 0 Å².